The molecule has 3 nitrogen and oxygen atoms in total. The normalized spacial score (nSPS) is 28.2. The van der Waals surface area contributed by atoms with E-state index in [9.17, 15) is 9.90 Å². The van der Waals surface area contributed by atoms with E-state index in [1.807, 2.05) is 6.92 Å². The second kappa shape index (κ2) is 7.49. The lowest BCUT2D eigenvalue weighted by atomic mass is 9.71. The van der Waals surface area contributed by atoms with Crippen molar-refractivity contribution in [3.8, 4) is 0 Å². The van der Waals surface area contributed by atoms with E-state index in [0.717, 1.165) is 31.8 Å². The monoisotopic (exact) mass is 343 g/mol. The molecule has 3 rings (SSSR count). The topological polar surface area (TPSA) is 40.5 Å². The van der Waals surface area contributed by atoms with E-state index >= 15 is 0 Å². The van der Waals surface area contributed by atoms with Gasteiger partial charge in [0.15, 0.2) is 0 Å². The van der Waals surface area contributed by atoms with E-state index in [4.69, 9.17) is 0 Å². The van der Waals surface area contributed by atoms with Crippen molar-refractivity contribution in [1.29, 1.82) is 0 Å². The summed E-state index contributed by atoms with van der Waals surface area (Å²) in [6.45, 7) is 8.05. The second-order valence-electron chi connectivity index (χ2n) is 8.64. The van der Waals surface area contributed by atoms with Crippen molar-refractivity contribution >= 4 is 5.91 Å². The van der Waals surface area contributed by atoms with Gasteiger partial charge in [0.05, 0.1) is 5.60 Å². The molecule has 1 aromatic rings. The van der Waals surface area contributed by atoms with Crippen LogP contribution < -0.4 is 0 Å². The minimum Gasteiger partial charge on any atom is -0.390 e. The Morgan fingerprint density at radius 1 is 1.20 bits per heavy atom. The summed E-state index contributed by atoms with van der Waals surface area (Å²) in [5.74, 6) is 1.07. The number of nitrogens with zero attached hydrogens (tertiary/aromatic N) is 1. The number of hydrogen-bond donors (Lipinski definition) is 1. The summed E-state index contributed by atoms with van der Waals surface area (Å²) in [6, 6.07) is 6.65. The van der Waals surface area contributed by atoms with Crippen LogP contribution in [0.3, 0.4) is 0 Å². The first-order valence-electron chi connectivity index (χ1n) is 9.92. The molecule has 0 radical (unpaired) electrons. The van der Waals surface area contributed by atoms with E-state index in [2.05, 4.69) is 36.9 Å². The average Bonchev–Trinajstić information content (AvgIpc) is 2.51. The molecular formula is C22H33NO2. The maximum atomic E-state index is 12.6. The molecule has 1 amide bonds. The van der Waals surface area contributed by atoms with Crippen molar-refractivity contribution in [1.82, 2.24) is 4.90 Å². The Morgan fingerprint density at radius 3 is 2.44 bits per heavy atom. The van der Waals surface area contributed by atoms with E-state index in [1.54, 1.807) is 0 Å². The largest absolute Gasteiger partial charge is 0.390 e. The standard InChI is InChI=1S/C22H33NO2/c1-16-7-4-10-19(17(16)2)13-18-8-5-11-23(12-6-9-18)21(24)20-14-22(3,25)15-20/h4,7,10,18,20,25H,5-6,8-9,11-15H2,1-3H3. The summed E-state index contributed by atoms with van der Waals surface area (Å²) in [6.07, 6.45) is 7.07. The number of benzene rings is 1. The van der Waals surface area contributed by atoms with Crippen LogP contribution in [0.2, 0.25) is 0 Å². The summed E-state index contributed by atoms with van der Waals surface area (Å²) in [5.41, 5.74) is 3.71. The highest BCUT2D eigenvalue weighted by atomic mass is 16.3. The predicted molar refractivity (Wildman–Crippen MR) is 102 cm³/mol. The molecule has 3 heteroatoms. The zero-order chi connectivity index (χ0) is 18.0. The van der Waals surface area contributed by atoms with Gasteiger partial charge in [0.2, 0.25) is 5.91 Å². The summed E-state index contributed by atoms with van der Waals surface area (Å²) < 4.78 is 0. The molecule has 1 saturated carbocycles. The third-order valence-corrected chi connectivity index (χ3v) is 6.34. The van der Waals surface area contributed by atoms with Gasteiger partial charge in [-0.25, -0.2) is 0 Å². The highest BCUT2D eigenvalue weighted by Crippen LogP contribution is 2.38. The smallest absolute Gasteiger partial charge is 0.225 e. The van der Waals surface area contributed by atoms with E-state index in [-0.39, 0.29) is 11.8 Å². The van der Waals surface area contributed by atoms with E-state index in [1.165, 1.54) is 36.0 Å². The minimum absolute atomic E-state index is 0.0557. The fourth-order valence-electron chi connectivity index (χ4n) is 4.60. The summed E-state index contributed by atoms with van der Waals surface area (Å²) in [5, 5.41) is 9.88. The SMILES string of the molecule is Cc1cccc(CC2CCCN(C(=O)C3CC(C)(O)C3)CCC2)c1C. The molecule has 2 fully saturated rings. The number of rotatable bonds is 3. The summed E-state index contributed by atoms with van der Waals surface area (Å²) in [7, 11) is 0. The lowest BCUT2D eigenvalue weighted by molar-refractivity contribution is -0.150. The van der Waals surface area contributed by atoms with Gasteiger partial charge in [-0.3, -0.25) is 4.79 Å². The third-order valence-electron chi connectivity index (χ3n) is 6.34. The minimum atomic E-state index is -0.611. The number of likely N-dealkylation sites (tertiary alicyclic amines) is 1. The van der Waals surface area contributed by atoms with Crippen molar-refractivity contribution in [3.63, 3.8) is 0 Å². The van der Waals surface area contributed by atoms with Crippen LogP contribution in [0.25, 0.3) is 0 Å². The van der Waals surface area contributed by atoms with Gasteiger partial charge in [-0.15, -0.1) is 0 Å². The van der Waals surface area contributed by atoms with Crippen LogP contribution in [0.4, 0.5) is 0 Å². The Balaban J connectivity index is 1.51. The van der Waals surface area contributed by atoms with Gasteiger partial charge in [-0.05, 0) is 88.3 Å². The maximum absolute atomic E-state index is 12.6. The van der Waals surface area contributed by atoms with Gasteiger partial charge in [-0.1, -0.05) is 18.2 Å². The molecule has 0 aromatic heterocycles. The maximum Gasteiger partial charge on any atom is 0.225 e. The Labute approximate surface area is 152 Å². The molecule has 25 heavy (non-hydrogen) atoms. The van der Waals surface area contributed by atoms with Crippen molar-refractivity contribution in [2.45, 2.75) is 71.3 Å². The number of aliphatic hydroxyl groups is 1. The van der Waals surface area contributed by atoms with Crippen molar-refractivity contribution < 1.29 is 9.90 Å². The molecule has 1 aliphatic carbocycles. The highest BCUT2D eigenvalue weighted by molar-refractivity contribution is 5.80. The third kappa shape index (κ3) is 4.44. The molecule has 0 spiro atoms. The van der Waals surface area contributed by atoms with Crippen LogP contribution in [0.15, 0.2) is 18.2 Å². The zero-order valence-electron chi connectivity index (χ0n) is 16.1. The van der Waals surface area contributed by atoms with E-state index < -0.39 is 5.60 Å². The first-order chi connectivity index (χ1) is 11.9. The van der Waals surface area contributed by atoms with Crippen molar-refractivity contribution in [2.24, 2.45) is 11.8 Å². The number of amides is 1. The number of hydrogen-bond acceptors (Lipinski definition) is 2. The predicted octanol–water partition coefficient (Wildman–Crippen LogP) is 4.03. The summed E-state index contributed by atoms with van der Waals surface area (Å²) in [4.78, 5) is 14.7. The van der Waals surface area contributed by atoms with Crippen LogP contribution >= 0.6 is 0 Å². The van der Waals surface area contributed by atoms with Gasteiger partial charge < -0.3 is 10.0 Å². The fourth-order valence-corrected chi connectivity index (χ4v) is 4.60. The number of carbonyl (C=O) groups is 1. The van der Waals surface area contributed by atoms with Crippen LogP contribution in [-0.2, 0) is 11.2 Å². The Morgan fingerprint density at radius 2 is 1.84 bits per heavy atom. The molecule has 1 N–H and O–H groups in total. The first kappa shape index (κ1) is 18.4. The van der Waals surface area contributed by atoms with Gasteiger partial charge in [0, 0.05) is 19.0 Å². The lowest BCUT2D eigenvalue weighted by Crippen LogP contribution is -2.50. The molecule has 1 aliphatic heterocycles. The van der Waals surface area contributed by atoms with Crippen LogP contribution in [0.5, 0.6) is 0 Å². The molecule has 0 bridgehead atoms. The second-order valence-corrected chi connectivity index (χ2v) is 8.64. The summed E-state index contributed by atoms with van der Waals surface area (Å²) >= 11 is 0. The molecule has 2 aliphatic rings. The Bertz CT molecular complexity index is 604. The fraction of sp³-hybridized carbons (Fsp3) is 0.682. The molecule has 0 atom stereocenters. The van der Waals surface area contributed by atoms with Crippen LogP contribution in [0.1, 0.15) is 62.1 Å². The number of aryl methyl sites for hydroxylation is 1. The van der Waals surface area contributed by atoms with Crippen LogP contribution in [0, 0.1) is 25.7 Å². The zero-order valence-corrected chi connectivity index (χ0v) is 16.1. The van der Waals surface area contributed by atoms with Crippen molar-refractivity contribution in [3.05, 3.63) is 34.9 Å². The van der Waals surface area contributed by atoms with Crippen LogP contribution in [-0.4, -0.2) is 34.6 Å². The Hall–Kier alpha value is -1.35. The number of carbonyl (C=O) groups excluding carboxylic acids is 1. The molecule has 0 unspecified atom stereocenters. The molecular weight excluding hydrogens is 310 g/mol. The average molecular weight is 344 g/mol. The lowest BCUT2D eigenvalue weighted by Gasteiger charge is -2.42. The van der Waals surface area contributed by atoms with Gasteiger partial charge in [0.1, 0.15) is 0 Å². The highest BCUT2D eigenvalue weighted by Gasteiger charge is 2.43. The van der Waals surface area contributed by atoms with Gasteiger partial charge in [-0.2, -0.15) is 0 Å². The van der Waals surface area contributed by atoms with Crippen molar-refractivity contribution in [2.75, 3.05) is 13.1 Å². The van der Waals surface area contributed by atoms with E-state index in [0.29, 0.717) is 12.8 Å². The first-order valence-corrected chi connectivity index (χ1v) is 9.92. The Kier molecular flexibility index (Phi) is 5.52. The van der Waals surface area contributed by atoms with Gasteiger partial charge in [0.25, 0.3) is 0 Å². The molecule has 1 heterocycles. The quantitative estimate of drug-likeness (QED) is 0.900. The van der Waals surface area contributed by atoms with Gasteiger partial charge >= 0.3 is 0 Å². The molecule has 1 aromatic carbocycles. The molecule has 138 valence electrons. The molecule has 1 saturated heterocycles.